The van der Waals surface area contributed by atoms with E-state index >= 15 is 0 Å². The molecule has 2 rings (SSSR count). The van der Waals surface area contributed by atoms with E-state index in [1.807, 2.05) is 32.0 Å². The molecule has 0 radical (unpaired) electrons. The lowest BCUT2D eigenvalue weighted by atomic mass is 10.1. The van der Waals surface area contributed by atoms with Crippen LogP contribution in [-0.2, 0) is 0 Å². The third-order valence-electron chi connectivity index (χ3n) is 2.53. The molecule has 82 valence electrons. The van der Waals surface area contributed by atoms with Crippen molar-refractivity contribution in [2.75, 3.05) is 0 Å². The third-order valence-corrected chi connectivity index (χ3v) is 2.53. The number of nitrogens with zero attached hydrogens (tertiary/aromatic N) is 1. The highest BCUT2D eigenvalue weighted by atomic mass is 16.2. The predicted molar refractivity (Wildman–Crippen MR) is 62.1 cm³/mol. The van der Waals surface area contributed by atoms with Crippen molar-refractivity contribution in [2.45, 2.75) is 13.8 Å². The van der Waals surface area contributed by atoms with Crippen LogP contribution in [0.1, 0.15) is 11.1 Å². The fourth-order valence-corrected chi connectivity index (χ4v) is 1.79. The molecule has 4 heteroatoms. The standard InChI is InChI=1S/C12H12N2O2/c1-8-4-3-5-9(2)10(8)14-7-6-13-11(15)12(14)16/h3-7H,1-2H3,(H,13,15). The largest absolute Gasteiger partial charge is 0.323 e. The minimum atomic E-state index is -0.606. The van der Waals surface area contributed by atoms with Gasteiger partial charge in [0.15, 0.2) is 0 Å². The molecule has 1 aromatic carbocycles. The van der Waals surface area contributed by atoms with Crippen molar-refractivity contribution in [3.63, 3.8) is 0 Å². The van der Waals surface area contributed by atoms with Gasteiger partial charge in [-0.1, -0.05) is 18.2 Å². The van der Waals surface area contributed by atoms with E-state index in [4.69, 9.17) is 0 Å². The molecule has 0 atom stereocenters. The van der Waals surface area contributed by atoms with E-state index in [-0.39, 0.29) is 0 Å². The summed E-state index contributed by atoms with van der Waals surface area (Å²) in [6.45, 7) is 3.83. The van der Waals surface area contributed by atoms with Crippen molar-refractivity contribution in [3.05, 3.63) is 62.4 Å². The lowest BCUT2D eigenvalue weighted by molar-refractivity contribution is 0.911. The molecule has 0 bridgehead atoms. The zero-order chi connectivity index (χ0) is 11.7. The third kappa shape index (κ3) is 1.58. The van der Waals surface area contributed by atoms with Gasteiger partial charge in [0.25, 0.3) is 0 Å². The SMILES string of the molecule is Cc1cccc(C)c1-n1cc[nH]c(=O)c1=O. The van der Waals surface area contributed by atoms with Gasteiger partial charge >= 0.3 is 11.1 Å². The van der Waals surface area contributed by atoms with Crippen molar-refractivity contribution >= 4 is 0 Å². The Balaban J connectivity index is 2.83. The summed E-state index contributed by atoms with van der Waals surface area (Å²) in [6.07, 6.45) is 3.04. The lowest BCUT2D eigenvalue weighted by Gasteiger charge is -2.11. The maximum atomic E-state index is 11.7. The van der Waals surface area contributed by atoms with Gasteiger partial charge in [-0.25, -0.2) is 0 Å². The molecule has 1 aromatic heterocycles. The first-order valence-electron chi connectivity index (χ1n) is 4.98. The number of aryl methyl sites for hydroxylation is 2. The maximum absolute atomic E-state index is 11.7. The Morgan fingerprint density at radius 2 is 1.75 bits per heavy atom. The summed E-state index contributed by atoms with van der Waals surface area (Å²) in [4.78, 5) is 25.3. The van der Waals surface area contributed by atoms with Crippen LogP contribution in [0.15, 0.2) is 40.2 Å². The monoisotopic (exact) mass is 216 g/mol. The number of para-hydroxylation sites is 1. The van der Waals surface area contributed by atoms with Gasteiger partial charge in [-0.3, -0.25) is 14.2 Å². The second kappa shape index (κ2) is 3.81. The van der Waals surface area contributed by atoms with Crippen LogP contribution in [0.5, 0.6) is 0 Å². The van der Waals surface area contributed by atoms with Crippen LogP contribution in [0.3, 0.4) is 0 Å². The van der Waals surface area contributed by atoms with Gasteiger partial charge < -0.3 is 4.98 Å². The topological polar surface area (TPSA) is 54.9 Å². The van der Waals surface area contributed by atoms with Gasteiger partial charge in [0.2, 0.25) is 0 Å². The van der Waals surface area contributed by atoms with Crippen molar-refractivity contribution in [1.82, 2.24) is 9.55 Å². The molecule has 1 N–H and O–H groups in total. The molecule has 0 aliphatic carbocycles. The lowest BCUT2D eigenvalue weighted by Crippen LogP contribution is -2.35. The molecular formula is C12H12N2O2. The van der Waals surface area contributed by atoms with Gasteiger partial charge in [0.05, 0.1) is 5.69 Å². The van der Waals surface area contributed by atoms with E-state index in [9.17, 15) is 9.59 Å². The van der Waals surface area contributed by atoms with Crippen molar-refractivity contribution in [3.8, 4) is 5.69 Å². The molecule has 4 nitrogen and oxygen atoms in total. The molecule has 0 fully saturated rings. The molecule has 2 aromatic rings. The van der Waals surface area contributed by atoms with Crippen LogP contribution in [-0.4, -0.2) is 9.55 Å². The summed E-state index contributed by atoms with van der Waals surface area (Å²) in [5.74, 6) is 0. The number of hydrogen-bond acceptors (Lipinski definition) is 2. The molecule has 0 saturated carbocycles. The number of aromatic nitrogens is 2. The Hall–Kier alpha value is -2.10. The minimum absolute atomic E-state index is 0.556. The molecular weight excluding hydrogens is 204 g/mol. The molecule has 0 aliphatic heterocycles. The van der Waals surface area contributed by atoms with Gasteiger partial charge in [0, 0.05) is 12.4 Å². The molecule has 0 saturated heterocycles. The van der Waals surface area contributed by atoms with Crippen molar-refractivity contribution in [2.24, 2.45) is 0 Å². The van der Waals surface area contributed by atoms with E-state index in [2.05, 4.69) is 4.98 Å². The first kappa shape index (κ1) is 10.4. The number of hydrogen-bond donors (Lipinski definition) is 1. The van der Waals surface area contributed by atoms with E-state index in [1.54, 1.807) is 6.20 Å². The Morgan fingerprint density at radius 1 is 1.12 bits per heavy atom. The van der Waals surface area contributed by atoms with Gasteiger partial charge in [-0.2, -0.15) is 0 Å². The molecule has 0 unspecified atom stereocenters. The van der Waals surface area contributed by atoms with Crippen LogP contribution < -0.4 is 11.1 Å². The fraction of sp³-hybridized carbons (Fsp3) is 0.167. The normalized spacial score (nSPS) is 10.4. The van der Waals surface area contributed by atoms with Gasteiger partial charge in [-0.15, -0.1) is 0 Å². The van der Waals surface area contributed by atoms with Crippen molar-refractivity contribution in [1.29, 1.82) is 0 Å². The van der Waals surface area contributed by atoms with Crippen LogP contribution in [0.4, 0.5) is 0 Å². The highest BCUT2D eigenvalue weighted by Crippen LogP contribution is 2.15. The number of rotatable bonds is 1. The average molecular weight is 216 g/mol. The van der Waals surface area contributed by atoms with Crippen LogP contribution in [0.2, 0.25) is 0 Å². The van der Waals surface area contributed by atoms with Gasteiger partial charge in [0.1, 0.15) is 0 Å². The molecule has 0 aliphatic rings. The summed E-state index contributed by atoms with van der Waals surface area (Å²) in [6, 6.07) is 5.75. The molecule has 1 heterocycles. The quantitative estimate of drug-likeness (QED) is 0.727. The Bertz CT molecular complexity index is 618. The van der Waals surface area contributed by atoms with E-state index in [0.717, 1.165) is 16.8 Å². The Morgan fingerprint density at radius 3 is 2.38 bits per heavy atom. The average Bonchev–Trinajstić information content (AvgIpc) is 2.24. The Kier molecular flexibility index (Phi) is 2.48. The summed E-state index contributed by atoms with van der Waals surface area (Å²) in [7, 11) is 0. The molecule has 0 amide bonds. The maximum Gasteiger partial charge on any atom is 0.320 e. The molecule has 0 spiro atoms. The van der Waals surface area contributed by atoms with E-state index < -0.39 is 11.1 Å². The predicted octanol–water partition coefficient (Wildman–Crippen LogP) is 1.14. The minimum Gasteiger partial charge on any atom is -0.323 e. The first-order valence-corrected chi connectivity index (χ1v) is 4.98. The summed E-state index contributed by atoms with van der Waals surface area (Å²) >= 11 is 0. The Labute approximate surface area is 92.2 Å². The number of H-pyrrole nitrogens is 1. The summed E-state index contributed by atoms with van der Waals surface area (Å²) < 4.78 is 1.38. The second-order valence-electron chi connectivity index (χ2n) is 3.70. The number of aromatic amines is 1. The zero-order valence-corrected chi connectivity index (χ0v) is 9.15. The number of nitrogens with one attached hydrogen (secondary N) is 1. The van der Waals surface area contributed by atoms with Crippen LogP contribution in [0.25, 0.3) is 5.69 Å². The van der Waals surface area contributed by atoms with Crippen molar-refractivity contribution < 1.29 is 0 Å². The highest BCUT2D eigenvalue weighted by Gasteiger charge is 2.07. The van der Waals surface area contributed by atoms with E-state index in [1.165, 1.54) is 10.8 Å². The number of benzene rings is 1. The fourth-order valence-electron chi connectivity index (χ4n) is 1.79. The highest BCUT2D eigenvalue weighted by molar-refractivity contribution is 5.46. The van der Waals surface area contributed by atoms with Crippen LogP contribution in [0, 0.1) is 13.8 Å². The zero-order valence-electron chi connectivity index (χ0n) is 9.15. The van der Waals surface area contributed by atoms with Crippen LogP contribution >= 0.6 is 0 Å². The molecule has 16 heavy (non-hydrogen) atoms. The second-order valence-corrected chi connectivity index (χ2v) is 3.70. The van der Waals surface area contributed by atoms with Gasteiger partial charge in [-0.05, 0) is 25.0 Å². The first-order chi connectivity index (χ1) is 7.61. The summed E-state index contributed by atoms with van der Waals surface area (Å²) in [5, 5.41) is 0. The summed E-state index contributed by atoms with van der Waals surface area (Å²) in [5.41, 5.74) is 1.55. The smallest absolute Gasteiger partial charge is 0.320 e. The van der Waals surface area contributed by atoms with E-state index in [0.29, 0.717) is 0 Å².